The number of piperazine rings is 1. The molecule has 1 aromatic heterocycles. The van der Waals surface area contributed by atoms with Gasteiger partial charge in [0.05, 0.1) is 5.56 Å². The molecule has 0 spiro atoms. The Bertz CT molecular complexity index is 1520. The number of rotatable bonds is 6. The van der Waals surface area contributed by atoms with E-state index in [9.17, 15) is 22.8 Å². The molecule has 3 aromatic rings. The predicted molar refractivity (Wildman–Crippen MR) is 164 cm³/mol. The average molecular weight is 626 g/mol. The van der Waals surface area contributed by atoms with Gasteiger partial charge in [0.1, 0.15) is 35.5 Å². The molecule has 2 atom stereocenters. The van der Waals surface area contributed by atoms with Crippen molar-refractivity contribution in [3.8, 4) is 17.2 Å². The zero-order valence-electron chi connectivity index (χ0n) is 25.4. The van der Waals surface area contributed by atoms with Crippen LogP contribution in [0.5, 0.6) is 17.2 Å². The van der Waals surface area contributed by atoms with E-state index in [0.717, 1.165) is 68.0 Å². The van der Waals surface area contributed by atoms with E-state index in [1.165, 1.54) is 24.7 Å². The zero-order chi connectivity index (χ0) is 32.1. The molecule has 240 valence electrons. The van der Waals surface area contributed by atoms with Gasteiger partial charge in [-0.2, -0.15) is 13.2 Å². The highest BCUT2D eigenvalue weighted by Crippen LogP contribution is 2.54. The van der Waals surface area contributed by atoms with E-state index in [1.54, 1.807) is 6.20 Å². The molecule has 3 N–H and O–H groups in total. The summed E-state index contributed by atoms with van der Waals surface area (Å²) in [6.45, 7) is 6.60. The highest BCUT2D eigenvalue weighted by molar-refractivity contribution is 5.93. The molecule has 9 nitrogen and oxygen atoms in total. The van der Waals surface area contributed by atoms with Crippen LogP contribution >= 0.6 is 0 Å². The van der Waals surface area contributed by atoms with E-state index >= 15 is 0 Å². The Morgan fingerprint density at radius 3 is 2.53 bits per heavy atom. The summed E-state index contributed by atoms with van der Waals surface area (Å²) in [7, 11) is 1.50. The highest BCUT2D eigenvalue weighted by Gasteiger charge is 2.48. The van der Waals surface area contributed by atoms with Gasteiger partial charge in [-0.15, -0.1) is 0 Å². The van der Waals surface area contributed by atoms with Gasteiger partial charge in [0.25, 0.3) is 0 Å². The first-order valence-corrected chi connectivity index (χ1v) is 15.2. The maximum Gasteiger partial charge on any atom is 0.416 e. The minimum absolute atomic E-state index is 0.00612. The lowest BCUT2D eigenvalue weighted by Crippen LogP contribution is -2.45. The van der Waals surface area contributed by atoms with Crippen LogP contribution in [-0.2, 0) is 23.9 Å². The van der Waals surface area contributed by atoms with Crippen molar-refractivity contribution in [1.29, 1.82) is 0 Å². The fourth-order valence-electron chi connectivity index (χ4n) is 5.83. The van der Waals surface area contributed by atoms with Gasteiger partial charge in [-0.1, -0.05) is 19.1 Å². The van der Waals surface area contributed by atoms with E-state index in [0.29, 0.717) is 37.0 Å². The van der Waals surface area contributed by atoms with Crippen molar-refractivity contribution in [2.45, 2.75) is 50.9 Å². The number of anilines is 1. The summed E-state index contributed by atoms with van der Waals surface area (Å²) >= 11 is 0. The number of hydrogen-bond acceptors (Lipinski definition) is 8. The Morgan fingerprint density at radius 2 is 1.82 bits per heavy atom. The molecule has 4 aliphatic rings. The fraction of sp³-hybridized carbons (Fsp3) is 0.424. The number of fused-ring (bicyclic) bond motifs is 4. The van der Waals surface area contributed by atoms with Crippen molar-refractivity contribution in [2.75, 3.05) is 45.1 Å². The Morgan fingerprint density at radius 1 is 1.07 bits per heavy atom. The van der Waals surface area contributed by atoms with E-state index in [2.05, 4.69) is 33.9 Å². The van der Waals surface area contributed by atoms with E-state index < -0.39 is 11.7 Å². The van der Waals surface area contributed by atoms with E-state index in [-0.39, 0.29) is 23.6 Å². The van der Waals surface area contributed by atoms with Gasteiger partial charge in [-0.25, -0.2) is 4.98 Å². The number of carbonyl (C=O) groups is 2. The molecule has 3 aliphatic heterocycles. The second kappa shape index (κ2) is 14.0. The number of aromatic nitrogens is 1. The first-order valence-electron chi connectivity index (χ1n) is 15.2. The molecule has 45 heavy (non-hydrogen) atoms. The highest BCUT2D eigenvalue weighted by atomic mass is 19.4. The molecule has 1 aliphatic carbocycles. The molecule has 1 saturated carbocycles. The Labute approximate surface area is 260 Å². The first kappa shape index (κ1) is 32.4. The topological polar surface area (TPSA) is 110 Å². The van der Waals surface area contributed by atoms with Crippen LogP contribution in [-0.4, -0.2) is 72.9 Å². The van der Waals surface area contributed by atoms with Gasteiger partial charge >= 0.3 is 6.18 Å². The molecule has 7 rings (SSSR count). The van der Waals surface area contributed by atoms with Gasteiger partial charge in [0.15, 0.2) is 0 Å². The smallest absolute Gasteiger partial charge is 0.416 e. The molecule has 0 bridgehead atoms. The maximum absolute atomic E-state index is 13.1. The molecular formula is C33H38F3N5O4. The van der Waals surface area contributed by atoms with Crippen LogP contribution in [0.4, 0.5) is 19.0 Å². The number of aldehydes is 1. The number of hydrogen-bond donors (Lipinski definition) is 2. The second-order valence-electron chi connectivity index (χ2n) is 11.2. The van der Waals surface area contributed by atoms with Crippen molar-refractivity contribution in [1.82, 2.24) is 14.8 Å². The maximum atomic E-state index is 13.1. The third-order valence-corrected chi connectivity index (χ3v) is 8.37. The second-order valence-corrected chi connectivity index (χ2v) is 11.2. The Balaban J connectivity index is 0.000000169. The standard InChI is InChI=1S/C17H14N2O3.C15H19F3N2O.CH5N/c20-16-4-2-10-14(5-6-18-17(10)19-16)21-9-1-3-13-11(7-9)12-8-15(12)22-13;1-2-19-5-7-20(8-6-19)10-13-4-3-12(11-21)9-14(13)15(16,17)18;1-2/h1,3,5-7,12,15H,2,4,8H2,(H,18,19,20);3-4,9,11H,2,5-8,10H2,1H3;2H2,1H3. The summed E-state index contributed by atoms with van der Waals surface area (Å²) in [4.78, 5) is 30.6. The van der Waals surface area contributed by atoms with Crippen LogP contribution in [0.25, 0.3) is 0 Å². The molecule has 0 radical (unpaired) electrons. The average Bonchev–Trinajstić information content (AvgIpc) is 3.73. The van der Waals surface area contributed by atoms with E-state index in [1.807, 2.05) is 23.1 Å². The molecule has 2 aromatic carbocycles. The number of pyridine rings is 1. The number of likely N-dealkylation sites (N-methyl/N-ethyl adjacent to an activating group) is 1. The van der Waals surface area contributed by atoms with Crippen LogP contribution in [0, 0.1) is 0 Å². The third kappa shape index (κ3) is 7.63. The van der Waals surface area contributed by atoms with Gasteiger partial charge in [-0.05, 0) is 62.3 Å². The minimum atomic E-state index is -4.43. The molecule has 12 heteroatoms. The fourth-order valence-corrected chi connectivity index (χ4v) is 5.83. The van der Waals surface area contributed by atoms with Crippen molar-refractivity contribution in [3.63, 3.8) is 0 Å². The van der Waals surface area contributed by atoms with Crippen LogP contribution in [0.3, 0.4) is 0 Å². The van der Waals surface area contributed by atoms with Crippen molar-refractivity contribution >= 4 is 18.0 Å². The Kier molecular flexibility index (Phi) is 10.1. The summed E-state index contributed by atoms with van der Waals surface area (Å²) in [6.07, 6.45) is 0.299. The molecule has 2 unspecified atom stereocenters. The lowest BCUT2D eigenvalue weighted by Gasteiger charge is -2.34. The van der Waals surface area contributed by atoms with Crippen molar-refractivity contribution < 1.29 is 32.2 Å². The lowest BCUT2D eigenvalue weighted by atomic mass is 10.0. The number of nitrogens with zero attached hydrogens (tertiary/aromatic N) is 3. The quantitative estimate of drug-likeness (QED) is 0.358. The van der Waals surface area contributed by atoms with Gasteiger partial charge < -0.3 is 25.4 Å². The summed E-state index contributed by atoms with van der Waals surface area (Å²) in [5.74, 6) is 3.71. The number of benzene rings is 2. The third-order valence-electron chi connectivity index (χ3n) is 8.37. The largest absolute Gasteiger partial charge is 0.489 e. The molecule has 1 amide bonds. The number of amides is 1. The molecule has 2 fully saturated rings. The zero-order valence-corrected chi connectivity index (χ0v) is 25.4. The summed E-state index contributed by atoms with van der Waals surface area (Å²) in [5.41, 5.74) is 6.30. The normalized spacial score (nSPS) is 20.1. The van der Waals surface area contributed by atoms with Gasteiger partial charge in [0, 0.05) is 67.9 Å². The lowest BCUT2D eigenvalue weighted by molar-refractivity contribution is -0.138. The van der Waals surface area contributed by atoms with Crippen LogP contribution in [0.2, 0.25) is 0 Å². The molecule has 4 heterocycles. The SMILES string of the molecule is CCN1CCN(Cc2ccc(C=O)cc2C(F)(F)F)CC1.CN.O=C1CCc2c(Oc3ccc4c(c3)C3CC3O4)ccnc2N1. The monoisotopic (exact) mass is 625 g/mol. The first-order chi connectivity index (χ1) is 21.7. The molecule has 1 saturated heterocycles. The predicted octanol–water partition coefficient (Wildman–Crippen LogP) is 5.24. The Hall–Kier alpha value is -4.00. The van der Waals surface area contributed by atoms with Crippen LogP contribution in [0.15, 0.2) is 48.7 Å². The number of halogens is 3. The van der Waals surface area contributed by atoms with Gasteiger partial charge in [-0.3, -0.25) is 14.5 Å². The van der Waals surface area contributed by atoms with Crippen LogP contribution in [0.1, 0.15) is 58.3 Å². The number of alkyl halides is 3. The number of nitrogens with two attached hydrogens (primary N) is 1. The minimum Gasteiger partial charge on any atom is -0.489 e. The van der Waals surface area contributed by atoms with E-state index in [4.69, 9.17) is 9.47 Å². The van der Waals surface area contributed by atoms with Crippen molar-refractivity contribution in [3.05, 3.63) is 76.5 Å². The summed E-state index contributed by atoms with van der Waals surface area (Å²) in [5, 5.41) is 2.79. The number of ether oxygens (including phenoxy) is 2. The summed E-state index contributed by atoms with van der Waals surface area (Å²) in [6, 6.07) is 11.6. The number of carbonyl (C=O) groups excluding carboxylic acids is 2. The van der Waals surface area contributed by atoms with Crippen LogP contribution < -0.4 is 20.5 Å². The number of nitrogens with one attached hydrogen (secondary N) is 1. The summed E-state index contributed by atoms with van der Waals surface area (Å²) < 4.78 is 51.1. The van der Waals surface area contributed by atoms with Crippen molar-refractivity contribution in [2.24, 2.45) is 5.73 Å². The molecular weight excluding hydrogens is 587 g/mol. The van der Waals surface area contributed by atoms with Gasteiger partial charge in [0.2, 0.25) is 5.91 Å².